The number of carboxylic acids is 1. The Morgan fingerprint density at radius 1 is 0.850 bits per heavy atom. The number of carboxylic acid groups (broad SMARTS) is 1. The van der Waals surface area contributed by atoms with Crippen molar-refractivity contribution in [3.05, 3.63) is 95.6 Å². The summed E-state index contributed by atoms with van der Waals surface area (Å²) in [7, 11) is 0. The highest BCUT2D eigenvalue weighted by molar-refractivity contribution is 5.90. The van der Waals surface area contributed by atoms with E-state index in [1.807, 2.05) is 63.2 Å². The Morgan fingerprint density at radius 3 is 1.95 bits per heavy atom. The third kappa shape index (κ3) is 7.07. The van der Waals surface area contributed by atoms with E-state index in [0.717, 1.165) is 27.8 Å². The van der Waals surface area contributed by atoms with Crippen molar-refractivity contribution in [2.45, 2.75) is 63.8 Å². The van der Waals surface area contributed by atoms with E-state index in [9.17, 15) is 19.5 Å². The summed E-state index contributed by atoms with van der Waals surface area (Å²) in [5.41, 5.74) is 4.50. The molecule has 40 heavy (non-hydrogen) atoms. The molecule has 0 unspecified atom stereocenters. The van der Waals surface area contributed by atoms with Crippen LogP contribution in [0.4, 0.5) is 4.79 Å². The van der Waals surface area contributed by atoms with E-state index in [4.69, 9.17) is 9.47 Å². The van der Waals surface area contributed by atoms with Crippen molar-refractivity contribution in [1.82, 2.24) is 10.6 Å². The van der Waals surface area contributed by atoms with E-state index in [1.54, 1.807) is 31.2 Å². The molecule has 1 aliphatic carbocycles. The van der Waals surface area contributed by atoms with Crippen molar-refractivity contribution >= 4 is 18.0 Å². The van der Waals surface area contributed by atoms with Gasteiger partial charge in [0.1, 0.15) is 18.7 Å². The molecule has 0 fully saturated rings. The smallest absolute Gasteiger partial charge is 0.407 e. The number of carbonyl (C=O) groups excluding carboxylic acids is 2. The number of nitrogens with one attached hydrogen (secondary N) is 2. The Morgan fingerprint density at radius 2 is 1.40 bits per heavy atom. The third-order valence-corrected chi connectivity index (χ3v) is 6.81. The summed E-state index contributed by atoms with van der Waals surface area (Å²) in [5.74, 6) is -1.99. The molecule has 2 amide bonds. The second-order valence-electron chi connectivity index (χ2n) is 11.0. The van der Waals surface area contributed by atoms with Crippen LogP contribution < -0.4 is 10.6 Å². The number of rotatable bonds is 10. The highest BCUT2D eigenvalue weighted by Crippen LogP contribution is 2.44. The minimum absolute atomic E-state index is 0.0778. The van der Waals surface area contributed by atoms with Crippen LogP contribution in [0.5, 0.6) is 0 Å². The standard InChI is InChI=1S/C32H36N2O6/c1-20(40-32(2,3)4)28(29(35)33-27(30(36)37)18-21-12-6-5-7-13-21)34-31(38)39-19-26-24-16-10-8-14-22(24)23-15-9-11-17-25(23)26/h5-17,20,26-28H,18-19H2,1-4H3,(H,33,35)(H,34,38)(H,36,37)/t20-,27-,28-/m0/s1. The van der Waals surface area contributed by atoms with Crippen molar-refractivity contribution < 1.29 is 29.0 Å². The summed E-state index contributed by atoms with van der Waals surface area (Å²) in [6, 6.07) is 22.7. The fourth-order valence-corrected chi connectivity index (χ4v) is 5.10. The van der Waals surface area contributed by atoms with Crippen LogP contribution in [0.15, 0.2) is 78.9 Å². The molecule has 0 heterocycles. The summed E-state index contributed by atoms with van der Waals surface area (Å²) in [6.07, 6.45) is -1.47. The Balaban J connectivity index is 1.47. The van der Waals surface area contributed by atoms with Gasteiger partial charge in [0, 0.05) is 12.3 Å². The fourth-order valence-electron chi connectivity index (χ4n) is 5.10. The van der Waals surface area contributed by atoms with Crippen molar-refractivity contribution in [1.29, 1.82) is 0 Å². The predicted molar refractivity (Wildman–Crippen MR) is 152 cm³/mol. The average Bonchev–Trinajstić information content (AvgIpc) is 3.23. The Bertz CT molecular complexity index is 1310. The SMILES string of the molecule is C[C@H](OC(C)(C)C)[C@H](NC(=O)OCC1c2ccccc2-c2ccccc21)C(=O)N[C@@H](Cc1ccccc1)C(=O)O. The molecule has 210 valence electrons. The number of aliphatic carboxylic acids is 1. The number of hydrogen-bond acceptors (Lipinski definition) is 5. The highest BCUT2D eigenvalue weighted by atomic mass is 16.6. The van der Waals surface area contributed by atoms with Gasteiger partial charge >= 0.3 is 12.1 Å². The largest absolute Gasteiger partial charge is 0.480 e. The molecule has 0 aliphatic heterocycles. The number of alkyl carbamates (subject to hydrolysis) is 1. The first-order valence-corrected chi connectivity index (χ1v) is 13.4. The number of amides is 2. The lowest BCUT2D eigenvalue weighted by Gasteiger charge is -2.31. The van der Waals surface area contributed by atoms with Gasteiger partial charge in [-0.1, -0.05) is 78.9 Å². The topological polar surface area (TPSA) is 114 Å². The minimum atomic E-state index is -1.19. The van der Waals surface area contributed by atoms with Crippen LogP contribution in [-0.4, -0.2) is 53.5 Å². The van der Waals surface area contributed by atoms with E-state index in [-0.39, 0.29) is 18.9 Å². The van der Waals surface area contributed by atoms with Crippen LogP contribution in [0.1, 0.15) is 50.3 Å². The maximum Gasteiger partial charge on any atom is 0.407 e. The summed E-state index contributed by atoms with van der Waals surface area (Å²) in [6.45, 7) is 7.24. The van der Waals surface area contributed by atoms with Crippen molar-refractivity contribution in [3.8, 4) is 11.1 Å². The number of carbonyl (C=O) groups is 3. The van der Waals surface area contributed by atoms with Gasteiger partial charge in [0.05, 0.1) is 11.7 Å². The van der Waals surface area contributed by atoms with Crippen LogP contribution in [0.3, 0.4) is 0 Å². The molecular weight excluding hydrogens is 508 g/mol. The lowest BCUT2D eigenvalue weighted by molar-refractivity contribution is -0.143. The Hall–Kier alpha value is -4.17. The quantitative estimate of drug-likeness (QED) is 0.334. The van der Waals surface area contributed by atoms with E-state index in [2.05, 4.69) is 22.8 Å². The van der Waals surface area contributed by atoms with Crippen molar-refractivity contribution in [2.75, 3.05) is 6.61 Å². The van der Waals surface area contributed by atoms with E-state index in [0.29, 0.717) is 0 Å². The second kappa shape index (κ2) is 12.3. The Kier molecular flexibility index (Phi) is 8.90. The number of ether oxygens (including phenoxy) is 2. The van der Waals surface area contributed by atoms with Gasteiger partial charge in [-0.2, -0.15) is 0 Å². The van der Waals surface area contributed by atoms with Gasteiger partial charge in [-0.25, -0.2) is 9.59 Å². The maximum atomic E-state index is 13.4. The molecule has 4 rings (SSSR count). The van der Waals surface area contributed by atoms with Gasteiger partial charge in [0.2, 0.25) is 5.91 Å². The molecule has 0 saturated carbocycles. The van der Waals surface area contributed by atoms with Gasteiger partial charge < -0.3 is 25.2 Å². The van der Waals surface area contributed by atoms with E-state index < -0.39 is 41.8 Å². The molecule has 0 aromatic heterocycles. The maximum absolute atomic E-state index is 13.4. The van der Waals surface area contributed by atoms with Crippen LogP contribution in [0, 0.1) is 0 Å². The van der Waals surface area contributed by atoms with Gasteiger partial charge in [-0.15, -0.1) is 0 Å². The van der Waals surface area contributed by atoms with Crippen LogP contribution in [0.2, 0.25) is 0 Å². The fraction of sp³-hybridized carbons (Fsp3) is 0.344. The zero-order valence-corrected chi connectivity index (χ0v) is 23.2. The predicted octanol–water partition coefficient (Wildman–Crippen LogP) is 4.91. The molecule has 3 N–H and O–H groups in total. The minimum Gasteiger partial charge on any atom is -0.480 e. The van der Waals surface area contributed by atoms with Crippen LogP contribution >= 0.6 is 0 Å². The molecule has 0 saturated heterocycles. The molecule has 0 bridgehead atoms. The van der Waals surface area contributed by atoms with Gasteiger partial charge in [-0.3, -0.25) is 4.79 Å². The average molecular weight is 545 g/mol. The summed E-state index contributed by atoms with van der Waals surface area (Å²) in [4.78, 5) is 38.4. The van der Waals surface area contributed by atoms with E-state index in [1.165, 1.54) is 0 Å². The first-order valence-electron chi connectivity index (χ1n) is 13.4. The van der Waals surface area contributed by atoms with Gasteiger partial charge in [0.25, 0.3) is 0 Å². The molecular formula is C32H36N2O6. The molecule has 8 nitrogen and oxygen atoms in total. The zero-order chi connectivity index (χ0) is 28.9. The molecule has 0 radical (unpaired) electrons. The van der Waals surface area contributed by atoms with E-state index >= 15 is 0 Å². The summed E-state index contributed by atoms with van der Waals surface area (Å²) >= 11 is 0. The summed E-state index contributed by atoms with van der Waals surface area (Å²) in [5, 5.41) is 15.0. The molecule has 8 heteroatoms. The molecule has 3 aromatic rings. The van der Waals surface area contributed by atoms with Crippen molar-refractivity contribution in [2.24, 2.45) is 0 Å². The van der Waals surface area contributed by atoms with Crippen LogP contribution in [0.25, 0.3) is 11.1 Å². The first kappa shape index (κ1) is 28.8. The second-order valence-corrected chi connectivity index (χ2v) is 11.0. The number of hydrogen-bond donors (Lipinski definition) is 3. The highest BCUT2D eigenvalue weighted by Gasteiger charge is 2.35. The normalized spacial score (nSPS) is 14.8. The summed E-state index contributed by atoms with van der Waals surface area (Å²) < 4.78 is 11.6. The monoisotopic (exact) mass is 544 g/mol. The van der Waals surface area contributed by atoms with Gasteiger partial charge in [0.15, 0.2) is 0 Å². The lowest BCUT2D eigenvalue weighted by Crippen LogP contribution is -2.57. The molecule has 3 aromatic carbocycles. The Labute approximate surface area is 234 Å². The first-order chi connectivity index (χ1) is 19.0. The third-order valence-electron chi connectivity index (χ3n) is 6.81. The van der Waals surface area contributed by atoms with Crippen molar-refractivity contribution in [3.63, 3.8) is 0 Å². The number of fused-ring (bicyclic) bond motifs is 3. The lowest BCUT2D eigenvalue weighted by atomic mass is 9.98. The molecule has 3 atom stereocenters. The zero-order valence-electron chi connectivity index (χ0n) is 23.2. The number of benzene rings is 3. The van der Waals surface area contributed by atoms with Gasteiger partial charge in [-0.05, 0) is 55.5 Å². The molecule has 1 aliphatic rings. The van der Waals surface area contributed by atoms with Crippen LogP contribution in [-0.2, 0) is 25.5 Å². The molecule has 0 spiro atoms.